The lowest BCUT2D eigenvalue weighted by Gasteiger charge is -2.00. The maximum absolute atomic E-state index is 8.96. The molecule has 5 heteroatoms. The van der Waals surface area contributed by atoms with Gasteiger partial charge in [0.25, 0.3) is 0 Å². The predicted octanol–water partition coefficient (Wildman–Crippen LogP) is 1.72. The number of aromatic nitrogens is 2. The maximum atomic E-state index is 8.96. The van der Waals surface area contributed by atoms with Gasteiger partial charge in [0.1, 0.15) is 5.52 Å². The Labute approximate surface area is 85.5 Å². The van der Waals surface area contributed by atoms with E-state index in [-0.39, 0.29) is 6.61 Å². The van der Waals surface area contributed by atoms with Gasteiger partial charge in [-0.1, -0.05) is 11.6 Å². The number of pyridine rings is 1. The zero-order chi connectivity index (χ0) is 10.1. The summed E-state index contributed by atoms with van der Waals surface area (Å²) in [6, 6.07) is 1.78. The molecule has 0 atom stereocenters. The number of nitrogens with one attached hydrogen (secondary N) is 1. The van der Waals surface area contributed by atoms with Crippen molar-refractivity contribution in [2.45, 2.75) is 6.61 Å². The van der Waals surface area contributed by atoms with Gasteiger partial charge in [-0.3, -0.25) is 0 Å². The first kappa shape index (κ1) is 9.30. The molecule has 4 nitrogen and oxygen atoms in total. The van der Waals surface area contributed by atoms with Crippen molar-refractivity contribution < 1.29 is 9.84 Å². The highest BCUT2D eigenvalue weighted by Gasteiger charge is 2.09. The second-order valence-corrected chi connectivity index (χ2v) is 3.26. The monoisotopic (exact) mass is 212 g/mol. The molecule has 2 aromatic heterocycles. The van der Waals surface area contributed by atoms with Crippen molar-refractivity contribution in [3.8, 4) is 5.88 Å². The van der Waals surface area contributed by atoms with Crippen LogP contribution in [0.25, 0.3) is 10.9 Å². The number of methoxy groups -OCH3 is 1. The van der Waals surface area contributed by atoms with Crippen LogP contribution in [0.1, 0.15) is 5.69 Å². The molecule has 0 fully saturated rings. The minimum Gasteiger partial charge on any atom is -0.479 e. The Bertz CT molecular complexity index is 467. The molecule has 74 valence electrons. The molecule has 0 aliphatic rings. The van der Waals surface area contributed by atoms with E-state index >= 15 is 0 Å². The van der Waals surface area contributed by atoms with Crippen molar-refractivity contribution in [1.82, 2.24) is 9.97 Å². The normalized spacial score (nSPS) is 10.8. The Hall–Kier alpha value is -1.26. The highest BCUT2D eigenvalue weighted by atomic mass is 35.5. The number of hydrogen-bond donors (Lipinski definition) is 2. The lowest BCUT2D eigenvalue weighted by molar-refractivity contribution is 0.278. The average Bonchev–Trinajstić information content (AvgIpc) is 2.63. The quantitative estimate of drug-likeness (QED) is 0.797. The molecule has 0 saturated carbocycles. The van der Waals surface area contributed by atoms with E-state index in [2.05, 4.69) is 9.97 Å². The summed E-state index contributed by atoms with van der Waals surface area (Å²) in [5.74, 6) is 0.476. The van der Waals surface area contributed by atoms with Crippen LogP contribution in [0.5, 0.6) is 5.88 Å². The molecule has 2 rings (SSSR count). The van der Waals surface area contributed by atoms with Crippen LogP contribution >= 0.6 is 11.6 Å². The summed E-state index contributed by atoms with van der Waals surface area (Å²) >= 11 is 5.94. The molecule has 14 heavy (non-hydrogen) atoms. The fourth-order valence-corrected chi connectivity index (χ4v) is 1.55. The summed E-state index contributed by atoms with van der Waals surface area (Å²) in [6.45, 7) is -0.0613. The van der Waals surface area contributed by atoms with Crippen LogP contribution in [0, 0.1) is 0 Å². The van der Waals surface area contributed by atoms with E-state index in [9.17, 15) is 0 Å². The Kier molecular flexibility index (Phi) is 2.31. The molecule has 0 unspecified atom stereocenters. The smallest absolute Gasteiger partial charge is 0.238 e. The third-order valence-electron chi connectivity index (χ3n) is 2.00. The standard InChI is InChI=1S/C9H9ClN2O2/c1-14-9-8-6(7(10)3-11-9)2-5(4-13)12-8/h2-3,12-13H,4H2,1H3. The molecule has 0 bridgehead atoms. The fourth-order valence-electron chi connectivity index (χ4n) is 1.36. The Morgan fingerprint density at radius 2 is 2.43 bits per heavy atom. The summed E-state index contributed by atoms with van der Waals surface area (Å²) < 4.78 is 5.06. The zero-order valence-corrected chi connectivity index (χ0v) is 8.30. The summed E-state index contributed by atoms with van der Waals surface area (Å²) in [5, 5.41) is 10.3. The molecule has 0 aromatic carbocycles. The van der Waals surface area contributed by atoms with Gasteiger partial charge in [0.15, 0.2) is 0 Å². The van der Waals surface area contributed by atoms with E-state index in [1.165, 1.54) is 13.3 Å². The molecular formula is C9H9ClN2O2. The third kappa shape index (κ3) is 1.32. The van der Waals surface area contributed by atoms with Crippen molar-refractivity contribution in [1.29, 1.82) is 0 Å². The topological polar surface area (TPSA) is 58.1 Å². The number of ether oxygens (including phenoxy) is 1. The number of aliphatic hydroxyl groups excluding tert-OH is 1. The van der Waals surface area contributed by atoms with E-state index in [0.29, 0.717) is 22.1 Å². The number of aliphatic hydroxyl groups is 1. The fraction of sp³-hybridized carbons (Fsp3) is 0.222. The highest BCUT2D eigenvalue weighted by molar-refractivity contribution is 6.35. The van der Waals surface area contributed by atoms with Crippen molar-refractivity contribution in [3.05, 3.63) is 23.0 Å². The van der Waals surface area contributed by atoms with E-state index in [1.807, 2.05) is 0 Å². The first-order valence-electron chi connectivity index (χ1n) is 4.07. The minimum absolute atomic E-state index is 0.0613. The van der Waals surface area contributed by atoms with Gasteiger partial charge < -0.3 is 14.8 Å². The summed E-state index contributed by atoms with van der Waals surface area (Å²) in [6.07, 6.45) is 1.53. The van der Waals surface area contributed by atoms with Crippen molar-refractivity contribution in [2.24, 2.45) is 0 Å². The van der Waals surface area contributed by atoms with Crippen LogP contribution in [0.15, 0.2) is 12.3 Å². The number of H-pyrrole nitrogens is 1. The van der Waals surface area contributed by atoms with Gasteiger partial charge in [0.2, 0.25) is 5.88 Å². The van der Waals surface area contributed by atoms with Crippen LogP contribution in [0.2, 0.25) is 5.02 Å². The van der Waals surface area contributed by atoms with Crippen LogP contribution < -0.4 is 4.74 Å². The van der Waals surface area contributed by atoms with Gasteiger partial charge >= 0.3 is 0 Å². The summed E-state index contributed by atoms with van der Waals surface area (Å²) in [5.41, 5.74) is 1.40. The van der Waals surface area contributed by atoms with Crippen molar-refractivity contribution in [2.75, 3.05) is 7.11 Å². The molecule has 0 amide bonds. The molecule has 0 aliphatic carbocycles. The van der Waals surface area contributed by atoms with Crippen LogP contribution in [-0.4, -0.2) is 22.2 Å². The maximum Gasteiger partial charge on any atom is 0.238 e. The number of aromatic amines is 1. The number of halogens is 1. The lowest BCUT2D eigenvalue weighted by Crippen LogP contribution is -1.88. The lowest BCUT2D eigenvalue weighted by atomic mass is 10.3. The molecule has 2 N–H and O–H groups in total. The molecule has 2 heterocycles. The minimum atomic E-state index is -0.0613. The molecule has 0 saturated heterocycles. The van der Waals surface area contributed by atoms with Crippen LogP contribution in [-0.2, 0) is 6.61 Å². The SMILES string of the molecule is COc1ncc(Cl)c2cc(CO)[nH]c12. The van der Waals surface area contributed by atoms with Gasteiger partial charge in [-0.15, -0.1) is 0 Å². The van der Waals surface area contributed by atoms with Crippen LogP contribution in [0.3, 0.4) is 0 Å². The number of hydrogen-bond acceptors (Lipinski definition) is 3. The van der Waals surface area contributed by atoms with Crippen molar-refractivity contribution in [3.63, 3.8) is 0 Å². The van der Waals surface area contributed by atoms with E-state index in [1.54, 1.807) is 6.07 Å². The third-order valence-corrected chi connectivity index (χ3v) is 2.30. The van der Waals surface area contributed by atoms with E-state index in [4.69, 9.17) is 21.4 Å². The second-order valence-electron chi connectivity index (χ2n) is 2.86. The van der Waals surface area contributed by atoms with E-state index in [0.717, 1.165) is 5.39 Å². The molecule has 0 aliphatic heterocycles. The van der Waals surface area contributed by atoms with Gasteiger partial charge in [0, 0.05) is 11.1 Å². The first-order valence-corrected chi connectivity index (χ1v) is 4.45. The molecule has 0 spiro atoms. The number of nitrogens with zero attached hydrogens (tertiary/aromatic N) is 1. The first-order chi connectivity index (χ1) is 6.76. The van der Waals surface area contributed by atoms with Gasteiger partial charge in [-0.2, -0.15) is 0 Å². The summed E-state index contributed by atoms with van der Waals surface area (Å²) in [4.78, 5) is 6.99. The highest BCUT2D eigenvalue weighted by Crippen LogP contribution is 2.29. The number of fused-ring (bicyclic) bond motifs is 1. The zero-order valence-electron chi connectivity index (χ0n) is 7.54. The van der Waals surface area contributed by atoms with Crippen molar-refractivity contribution >= 4 is 22.5 Å². The molecular weight excluding hydrogens is 204 g/mol. The Balaban J connectivity index is 2.74. The number of rotatable bonds is 2. The van der Waals surface area contributed by atoms with E-state index < -0.39 is 0 Å². The second kappa shape index (κ2) is 3.48. The van der Waals surface area contributed by atoms with Crippen LogP contribution in [0.4, 0.5) is 0 Å². The Morgan fingerprint density at radius 1 is 1.64 bits per heavy atom. The largest absolute Gasteiger partial charge is 0.479 e. The van der Waals surface area contributed by atoms with Gasteiger partial charge in [-0.25, -0.2) is 4.98 Å². The summed E-state index contributed by atoms with van der Waals surface area (Å²) in [7, 11) is 1.54. The predicted molar refractivity (Wildman–Crippen MR) is 53.6 cm³/mol. The van der Waals surface area contributed by atoms with Gasteiger partial charge in [-0.05, 0) is 6.07 Å². The molecule has 0 radical (unpaired) electrons. The average molecular weight is 213 g/mol. The Morgan fingerprint density at radius 3 is 3.07 bits per heavy atom. The van der Waals surface area contributed by atoms with Gasteiger partial charge in [0.05, 0.1) is 24.9 Å². The molecule has 2 aromatic rings.